The molecular weight excluding hydrogens is 458 g/mol. The summed E-state index contributed by atoms with van der Waals surface area (Å²) in [5.74, 6) is 0.720. The Hall–Kier alpha value is -4.41. The third kappa shape index (κ3) is 5.08. The summed E-state index contributed by atoms with van der Waals surface area (Å²) < 4.78 is 33.6. The highest BCUT2D eigenvalue weighted by molar-refractivity contribution is 7.95. The van der Waals surface area contributed by atoms with Gasteiger partial charge in [-0.2, -0.15) is 10.4 Å². The van der Waals surface area contributed by atoms with E-state index in [2.05, 4.69) is 6.58 Å². The Labute approximate surface area is 205 Å². The van der Waals surface area contributed by atoms with Crippen LogP contribution in [0.15, 0.2) is 108 Å². The number of hydrogen-bond donors (Lipinski definition) is 0. The molecule has 0 spiro atoms. The van der Waals surface area contributed by atoms with Gasteiger partial charge in [0.1, 0.15) is 29.0 Å². The monoisotopic (exact) mass is 481 g/mol. The van der Waals surface area contributed by atoms with Gasteiger partial charge in [0.25, 0.3) is 0 Å². The SMILES string of the molecule is C=CCOc1ccc(-c2nn(-c3ccccc3)cc2C=C(C#N)S(=O)(=O)c2ccccc2)cc1C. The Kier molecular flexibility index (Phi) is 6.95. The largest absolute Gasteiger partial charge is 0.489 e. The number of ether oxygens (including phenoxy) is 1. The van der Waals surface area contributed by atoms with E-state index in [0.29, 0.717) is 17.9 Å². The molecule has 0 N–H and O–H groups in total. The van der Waals surface area contributed by atoms with Gasteiger partial charge in [-0.15, -0.1) is 0 Å². The van der Waals surface area contributed by atoms with Crippen LogP contribution in [0.4, 0.5) is 0 Å². The van der Waals surface area contributed by atoms with Crippen molar-refractivity contribution in [2.24, 2.45) is 0 Å². The molecule has 0 saturated heterocycles. The van der Waals surface area contributed by atoms with Crippen LogP contribution < -0.4 is 4.74 Å². The fourth-order valence-electron chi connectivity index (χ4n) is 3.58. The molecule has 3 aromatic carbocycles. The van der Waals surface area contributed by atoms with Gasteiger partial charge in [-0.25, -0.2) is 13.1 Å². The highest BCUT2D eigenvalue weighted by Crippen LogP contribution is 2.31. The Balaban J connectivity index is 1.86. The van der Waals surface area contributed by atoms with Gasteiger partial charge < -0.3 is 4.74 Å². The molecule has 0 saturated carbocycles. The summed E-state index contributed by atoms with van der Waals surface area (Å²) in [6, 6.07) is 24.9. The predicted molar refractivity (Wildman–Crippen MR) is 137 cm³/mol. The number of hydrogen-bond acceptors (Lipinski definition) is 5. The number of aromatic nitrogens is 2. The molecule has 6 nitrogen and oxygen atoms in total. The van der Waals surface area contributed by atoms with E-state index < -0.39 is 9.84 Å². The third-order valence-electron chi connectivity index (χ3n) is 5.31. The van der Waals surface area contributed by atoms with Crippen molar-refractivity contribution in [3.63, 3.8) is 0 Å². The first kappa shape index (κ1) is 23.7. The van der Waals surface area contributed by atoms with Crippen molar-refractivity contribution in [3.05, 3.63) is 114 Å². The van der Waals surface area contributed by atoms with Crippen LogP contribution in [0, 0.1) is 18.3 Å². The predicted octanol–water partition coefficient (Wildman–Crippen LogP) is 5.75. The lowest BCUT2D eigenvalue weighted by Crippen LogP contribution is -2.03. The zero-order valence-corrected chi connectivity index (χ0v) is 19.9. The number of rotatable bonds is 8. The van der Waals surface area contributed by atoms with Crippen LogP contribution in [0.5, 0.6) is 5.75 Å². The van der Waals surface area contributed by atoms with Crippen LogP contribution in [0.25, 0.3) is 23.0 Å². The van der Waals surface area contributed by atoms with Crippen molar-refractivity contribution >= 4 is 15.9 Å². The first-order valence-corrected chi connectivity index (χ1v) is 12.3. The summed E-state index contributed by atoms with van der Waals surface area (Å²) >= 11 is 0. The summed E-state index contributed by atoms with van der Waals surface area (Å²) in [6.07, 6.45) is 4.77. The number of sulfone groups is 1. The lowest BCUT2D eigenvalue weighted by Gasteiger charge is -2.09. The Morgan fingerprint density at radius 3 is 2.40 bits per heavy atom. The van der Waals surface area contributed by atoms with E-state index in [9.17, 15) is 13.7 Å². The molecule has 1 aromatic heterocycles. The number of nitriles is 1. The maximum Gasteiger partial charge on any atom is 0.216 e. The van der Waals surface area contributed by atoms with Gasteiger partial charge in [0, 0.05) is 17.3 Å². The van der Waals surface area contributed by atoms with Crippen molar-refractivity contribution in [1.82, 2.24) is 9.78 Å². The molecular formula is C28H23N3O3S. The molecule has 0 unspecified atom stereocenters. The quantitative estimate of drug-likeness (QED) is 0.236. The molecule has 1 heterocycles. The number of benzene rings is 3. The summed E-state index contributed by atoms with van der Waals surface area (Å²) in [4.78, 5) is -0.301. The molecule has 35 heavy (non-hydrogen) atoms. The van der Waals surface area contributed by atoms with Crippen LogP contribution in [0.2, 0.25) is 0 Å². The molecule has 0 aliphatic heterocycles. The lowest BCUT2D eigenvalue weighted by atomic mass is 10.0. The van der Waals surface area contributed by atoms with Crippen molar-refractivity contribution in [3.8, 4) is 28.8 Å². The Morgan fingerprint density at radius 2 is 1.77 bits per heavy atom. The maximum atomic E-state index is 13.1. The molecule has 4 aromatic rings. The molecule has 4 rings (SSSR count). The highest BCUT2D eigenvalue weighted by Gasteiger charge is 2.22. The third-order valence-corrected chi connectivity index (χ3v) is 6.99. The smallest absolute Gasteiger partial charge is 0.216 e. The van der Waals surface area contributed by atoms with Crippen molar-refractivity contribution in [1.29, 1.82) is 5.26 Å². The van der Waals surface area contributed by atoms with Gasteiger partial charge in [-0.1, -0.05) is 49.1 Å². The lowest BCUT2D eigenvalue weighted by molar-refractivity contribution is 0.360. The minimum absolute atomic E-state index is 0.0596. The highest BCUT2D eigenvalue weighted by atomic mass is 32.2. The van der Waals surface area contributed by atoms with Gasteiger partial charge in [0.2, 0.25) is 9.84 Å². The van der Waals surface area contributed by atoms with Crippen LogP contribution in [-0.2, 0) is 9.84 Å². The van der Waals surface area contributed by atoms with E-state index >= 15 is 0 Å². The van der Waals surface area contributed by atoms with Gasteiger partial charge >= 0.3 is 0 Å². The molecule has 0 bridgehead atoms. The fraction of sp³-hybridized carbons (Fsp3) is 0.0714. The molecule has 7 heteroatoms. The minimum Gasteiger partial charge on any atom is -0.489 e. The zero-order valence-electron chi connectivity index (χ0n) is 19.1. The van der Waals surface area contributed by atoms with E-state index in [0.717, 1.165) is 22.6 Å². The Morgan fingerprint density at radius 1 is 1.09 bits per heavy atom. The molecule has 174 valence electrons. The van der Waals surface area contributed by atoms with Gasteiger partial charge in [-0.3, -0.25) is 0 Å². The molecule has 0 fully saturated rings. The van der Waals surface area contributed by atoms with E-state index in [1.54, 1.807) is 35.2 Å². The molecule has 0 amide bonds. The average molecular weight is 482 g/mol. The summed E-state index contributed by atoms with van der Waals surface area (Å²) in [5, 5.41) is 14.5. The van der Waals surface area contributed by atoms with E-state index in [1.807, 2.05) is 61.5 Å². The standard InChI is InChI=1S/C28H23N3O3S/c1-3-16-34-27-15-14-22(17-21(27)2)28-23(20-31(30-28)24-10-6-4-7-11-24)18-26(19-29)35(32,33)25-12-8-5-9-13-25/h3-15,17-18,20H,1,16H2,2H3. The van der Waals surface area contributed by atoms with Crippen LogP contribution >= 0.6 is 0 Å². The van der Waals surface area contributed by atoms with Crippen molar-refractivity contribution in [2.45, 2.75) is 11.8 Å². The van der Waals surface area contributed by atoms with E-state index in [4.69, 9.17) is 9.84 Å². The second-order valence-electron chi connectivity index (χ2n) is 7.73. The number of allylic oxidation sites excluding steroid dienone is 1. The molecule has 0 atom stereocenters. The number of para-hydroxylation sites is 1. The average Bonchev–Trinajstić information content (AvgIpc) is 3.31. The van der Waals surface area contributed by atoms with Crippen LogP contribution in [0.3, 0.4) is 0 Å². The molecule has 0 aliphatic rings. The maximum absolute atomic E-state index is 13.1. The van der Waals surface area contributed by atoms with Gasteiger partial charge in [0.15, 0.2) is 0 Å². The topological polar surface area (TPSA) is 85.0 Å². The van der Waals surface area contributed by atoms with Crippen LogP contribution in [-0.4, -0.2) is 24.8 Å². The van der Waals surface area contributed by atoms with Gasteiger partial charge in [0.05, 0.1) is 10.6 Å². The minimum atomic E-state index is -4.00. The van der Waals surface area contributed by atoms with E-state index in [-0.39, 0.29) is 9.80 Å². The van der Waals surface area contributed by atoms with Gasteiger partial charge in [-0.05, 0) is 61.0 Å². The van der Waals surface area contributed by atoms with Crippen molar-refractivity contribution in [2.75, 3.05) is 6.61 Å². The second kappa shape index (κ2) is 10.2. The van der Waals surface area contributed by atoms with Crippen LogP contribution in [0.1, 0.15) is 11.1 Å². The normalized spacial score (nSPS) is 11.6. The first-order valence-electron chi connectivity index (χ1n) is 10.9. The fourth-order valence-corrected chi connectivity index (χ4v) is 4.75. The summed E-state index contributed by atoms with van der Waals surface area (Å²) in [7, 11) is -4.00. The first-order chi connectivity index (χ1) is 16.9. The molecule has 0 aliphatic carbocycles. The van der Waals surface area contributed by atoms with E-state index in [1.165, 1.54) is 18.2 Å². The number of nitrogens with zero attached hydrogens (tertiary/aromatic N) is 3. The Bertz CT molecular complexity index is 1530. The number of aryl methyl sites for hydroxylation is 1. The van der Waals surface area contributed by atoms with Crippen molar-refractivity contribution < 1.29 is 13.2 Å². The summed E-state index contributed by atoms with van der Waals surface area (Å²) in [5.41, 5.74) is 3.52. The molecule has 0 radical (unpaired) electrons. The summed E-state index contributed by atoms with van der Waals surface area (Å²) in [6.45, 7) is 5.98. The zero-order chi connectivity index (χ0) is 24.8. The second-order valence-corrected chi connectivity index (χ2v) is 9.65.